The Balaban J connectivity index is 1.80. The standard InChI is InChI=1S/C15H21NO/c1-17-13-9-5-4-8-12(13)15(16)14-10-6-2-3-7-11(10)14/h4-5,8-11,14-15H,2-3,6-7,16H2,1H3. The van der Waals surface area contributed by atoms with Gasteiger partial charge in [0.25, 0.3) is 0 Å². The van der Waals surface area contributed by atoms with Gasteiger partial charge in [-0.15, -0.1) is 0 Å². The van der Waals surface area contributed by atoms with E-state index in [0.29, 0.717) is 5.92 Å². The fraction of sp³-hybridized carbons (Fsp3) is 0.600. The third kappa shape index (κ3) is 1.85. The molecule has 3 unspecified atom stereocenters. The van der Waals surface area contributed by atoms with Crippen molar-refractivity contribution in [1.29, 1.82) is 0 Å². The van der Waals surface area contributed by atoms with E-state index in [1.54, 1.807) is 7.11 Å². The predicted octanol–water partition coefficient (Wildman–Crippen LogP) is 3.13. The Hall–Kier alpha value is -1.02. The average Bonchev–Trinajstić information content (AvgIpc) is 3.12. The molecule has 0 radical (unpaired) electrons. The van der Waals surface area contributed by atoms with Gasteiger partial charge in [-0.2, -0.15) is 0 Å². The molecule has 0 amide bonds. The van der Waals surface area contributed by atoms with E-state index in [-0.39, 0.29) is 6.04 Å². The molecule has 2 heteroatoms. The van der Waals surface area contributed by atoms with E-state index in [9.17, 15) is 0 Å². The molecule has 1 aromatic carbocycles. The maximum atomic E-state index is 6.46. The quantitative estimate of drug-likeness (QED) is 0.867. The second-order valence-corrected chi connectivity index (χ2v) is 5.46. The van der Waals surface area contributed by atoms with Gasteiger partial charge in [-0.3, -0.25) is 0 Å². The van der Waals surface area contributed by atoms with E-state index in [0.717, 1.165) is 17.6 Å². The Bertz CT molecular complexity index is 392. The summed E-state index contributed by atoms with van der Waals surface area (Å²) in [6, 6.07) is 8.37. The molecule has 2 aliphatic carbocycles. The largest absolute Gasteiger partial charge is 0.496 e. The molecule has 0 saturated heterocycles. The molecule has 0 aliphatic heterocycles. The van der Waals surface area contributed by atoms with Crippen molar-refractivity contribution in [2.75, 3.05) is 7.11 Å². The number of rotatable bonds is 3. The molecule has 3 rings (SSSR count). The molecule has 0 heterocycles. The van der Waals surface area contributed by atoms with Gasteiger partial charge < -0.3 is 10.5 Å². The van der Waals surface area contributed by atoms with E-state index in [4.69, 9.17) is 10.5 Å². The number of methoxy groups -OCH3 is 1. The first-order valence-electron chi connectivity index (χ1n) is 6.71. The van der Waals surface area contributed by atoms with Gasteiger partial charge in [-0.1, -0.05) is 31.0 Å². The van der Waals surface area contributed by atoms with Gasteiger partial charge in [-0.25, -0.2) is 0 Å². The number of para-hydroxylation sites is 1. The summed E-state index contributed by atoms with van der Waals surface area (Å²) >= 11 is 0. The van der Waals surface area contributed by atoms with Gasteiger partial charge >= 0.3 is 0 Å². The van der Waals surface area contributed by atoms with Gasteiger partial charge in [0.15, 0.2) is 0 Å². The number of benzene rings is 1. The molecule has 2 nitrogen and oxygen atoms in total. The van der Waals surface area contributed by atoms with Crippen molar-refractivity contribution in [2.24, 2.45) is 23.5 Å². The van der Waals surface area contributed by atoms with E-state index < -0.39 is 0 Å². The lowest BCUT2D eigenvalue weighted by molar-refractivity contribution is 0.400. The van der Waals surface area contributed by atoms with Crippen LogP contribution in [0.1, 0.15) is 37.3 Å². The second-order valence-electron chi connectivity index (χ2n) is 5.46. The first kappa shape index (κ1) is 11.1. The molecule has 2 N–H and O–H groups in total. The fourth-order valence-corrected chi connectivity index (χ4v) is 3.73. The van der Waals surface area contributed by atoms with Crippen LogP contribution >= 0.6 is 0 Å². The number of nitrogens with two attached hydrogens (primary N) is 1. The highest BCUT2D eigenvalue weighted by Crippen LogP contribution is 2.60. The van der Waals surface area contributed by atoms with Crippen LogP contribution in [0.25, 0.3) is 0 Å². The summed E-state index contributed by atoms with van der Waals surface area (Å²) in [4.78, 5) is 0. The van der Waals surface area contributed by atoms with E-state index in [2.05, 4.69) is 12.1 Å². The van der Waals surface area contributed by atoms with Gasteiger partial charge in [0.2, 0.25) is 0 Å². The van der Waals surface area contributed by atoms with Crippen molar-refractivity contribution in [3.8, 4) is 5.75 Å². The zero-order valence-corrected chi connectivity index (χ0v) is 10.4. The van der Waals surface area contributed by atoms with Crippen LogP contribution in [-0.2, 0) is 0 Å². The lowest BCUT2D eigenvalue weighted by Crippen LogP contribution is -2.15. The Morgan fingerprint density at radius 1 is 1.18 bits per heavy atom. The first-order valence-corrected chi connectivity index (χ1v) is 6.71. The molecule has 92 valence electrons. The molecule has 2 fully saturated rings. The second kappa shape index (κ2) is 4.34. The molecule has 17 heavy (non-hydrogen) atoms. The Morgan fingerprint density at radius 3 is 2.47 bits per heavy atom. The van der Waals surface area contributed by atoms with E-state index >= 15 is 0 Å². The highest BCUT2D eigenvalue weighted by atomic mass is 16.5. The molecule has 2 saturated carbocycles. The van der Waals surface area contributed by atoms with Crippen molar-refractivity contribution in [2.45, 2.75) is 31.7 Å². The van der Waals surface area contributed by atoms with Crippen molar-refractivity contribution in [1.82, 2.24) is 0 Å². The molecule has 0 bridgehead atoms. The summed E-state index contributed by atoms with van der Waals surface area (Å²) in [7, 11) is 1.73. The van der Waals surface area contributed by atoms with Crippen molar-refractivity contribution in [3.05, 3.63) is 29.8 Å². The van der Waals surface area contributed by atoms with Gasteiger partial charge in [0.1, 0.15) is 5.75 Å². The third-order valence-electron chi connectivity index (χ3n) is 4.64. The van der Waals surface area contributed by atoms with Crippen LogP contribution in [0.15, 0.2) is 24.3 Å². The molecular formula is C15H21NO. The highest BCUT2D eigenvalue weighted by Gasteiger charge is 2.53. The number of ether oxygens (including phenoxy) is 1. The van der Waals surface area contributed by atoms with Gasteiger partial charge in [-0.05, 0) is 36.7 Å². The topological polar surface area (TPSA) is 35.2 Å². The smallest absolute Gasteiger partial charge is 0.123 e. The van der Waals surface area contributed by atoms with Crippen LogP contribution in [0.5, 0.6) is 5.75 Å². The first-order chi connectivity index (χ1) is 8.33. The molecule has 3 atom stereocenters. The summed E-state index contributed by atoms with van der Waals surface area (Å²) in [6.07, 6.45) is 5.57. The Labute approximate surface area is 103 Å². The minimum Gasteiger partial charge on any atom is -0.496 e. The van der Waals surface area contributed by atoms with Crippen LogP contribution < -0.4 is 10.5 Å². The van der Waals surface area contributed by atoms with E-state index in [1.807, 2.05) is 12.1 Å². The fourth-order valence-electron chi connectivity index (χ4n) is 3.73. The summed E-state index contributed by atoms with van der Waals surface area (Å²) in [5.41, 5.74) is 7.65. The zero-order chi connectivity index (χ0) is 11.8. The zero-order valence-electron chi connectivity index (χ0n) is 10.4. The van der Waals surface area contributed by atoms with Crippen LogP contribution in [-0.4, -0.2) is 7.11 Å². The maximum absolute atomic E-state index is 6.46. The SMILES string of the molecule is COc1ccccc1C(N)C1C2CCCCC21. The van der Waals surface area contributed by atoms with Crippen molar-refractivity contribution in [3.63, 3.8) is 0 Å². The lowest BCUT2D eigenvalue weighted by atomic mass is 10.00. The van der Waals surface area contributed by atoms with Gasteiger partial charge in [0.05, 0.1) is 7.11 Å². The maximum Gasteiger partial charge on any atom is 0.123 e. The minimum atomic E-state index is 0.166. The Morgan fingerprint density at radius 2 is 1.82 bits per heavy atom. The number of hydrogen-bond acceptors (Lipinski definition) is 2. The van der Waals surface area contributed by atoms with Crippen LogP contribution in [0, 0.1) is 17.8 Å². The van der Waals surface area contributed by atoms with Crippen LogP contribution in [0.3, 0.4) is 0 Å². The molecular weight excluding hydrogens is 210 g/mol. The lowest BCUT2D eigenvalue weighted by Gasteiger charge is -2.15. The van der Waals surface area contributed by atoms with Crippen molar-refractivity contribution < 1.29 is 4.74 Å². The van der Waals surface area contributed by atoms with Gasteiger partial charge in [0, 0.05) is 11.6 Å². The van der Waals surface area contributed by atoms with Crippen LogP contribution in [0.2, 0.25) is 0 Å². The summed E-state index contributed by atoms with van der Waals surface area (Å²) in [6.45, 7) is 0. The number of fused-ring (bicyclic) bond motifs is 1. The summed E-state index contributed by atoms with van der Waals surface area (Å²) < 4.78 is 5.42. The predicted molar refractivity (Wildman–Crippen MR) is 68.9 cm³/mol. The average molecular weight is 231 g/mol. The summed E-state index contributed by atoms with van der Waals surface area (Å²) in [5, 5.41) is 0. The molecule has 0 spiro atoms. The minimum absolute atomic E-state index is 0.166. The monoisotopic (exact) mass is 231 g/mol. The highest BCUT2D eigenvalue weighted by molar-refractivity contribution is 5.37. The van der Waals surface area contributed by atoms with E-state index in [1.165, 1.54) is 31.2 Å². The third-order valence-corrected chi connectivity index (χ3v) is 4.64. The van der Waals surface area contributed by atoms with Crippen LogP contribution in [0.4, 0.5) is 0 Å². The normalized spacial score (nSPS) is 32.7. The Kier molecular flexibility index (Phi) is 2.83. The molecule has 1 aromatic rings. The number of hydrogen-bond donors (Lipinski definition) is 1. The summed E-state index contributed by atoms with van der Waals surface area (Å²) in [5.74, 6) is 3.43. The molecule has 0 aromatic heterocycles. The molecule has 2 aliphatic rings. The van der Waals surface area contributed by atoms with Crippen molar-refractivity contribution >= 4 is 0 Å².